The van der Waals surface area contributed by atoms with E-state index >= 15 is 0 Å². The molecule has 2 heterocycles. The summed E-state index contributed by atoms with van der Waals surface area (Å²) in [6.07, 6.45) is 2.97. The first-order valence-electron chi connectivity index (χ1n) is 13.6. The first-order valence-corrected chi connectivity index (χ1v) is 14.4. The number of thiazole rings is 1. The van der Waals surface area contributed by atoms with Gasteiger partial charge in [0.2, 0.25) is 0 Å². The summed E-state index contributed by atoms with van der Waals surface area (Å²) in [4.78, 5) is 44.0. The monoisotopic (exact) mass is 586 g/mol. The Hall–Kier alpha value is -4.70. The molecule has 9 nitrogen and oxygen atoms in total. The summed E-state index contributed by atoms with van der Waals surface area (Å²) in [7, 11) is 1.57. The molecule has 216 valence electrons. The summed E-state index contributed by atoms with van der Waals surface area (Å²) in [5, 5.41) is 10.7. The molecule has 0 aliphatic carbocycles. The lowest BCUT2D eigenvalue weighted by Gasteiger charge is -2.28. The van der Waals surface area contributed by atoms with Crippen LogP contribution in [0.25, 0.3) is 16.8 Å². The van der Waals surface area contributed by atoms with Crippen molar-refractivity contribution in [2.45, 2.75) is 32.7 Å². The minimum Gasteiger partial charge on any atom is -0.496 e. The summed E-state index contributed by atoms with van der Waals surface area (Å²) in [5.41, 5.74) is 1.90. The first-order chi connectivity index (χ1) is 20.4. The molecular weight excluding hydrogens is 556 g/mol. The van der Waals surface area contributed by atoms with Gasteiger partial charge in [-0.2, -0.15) is 0 Å². The number of carbonyl (C=O) groups is 2. The van der Waals surface area contributed by atoms with Crippen molar-refractivity contribution in [1.82, 2.24) is 4.57 Å². The molecule has 0 radical (unpaired) electrons. The number of benzene rings is 3. The van der Waals surface area contributed by atoms with E-state index in [1.807, 2.05) is 43.3 Å². The molecule has 0 amide bonds. The molecule has 42 heavy (non-hydrogen) atoms. The maximum atomic E-state index is 14.2. The highest BCUT2D eigenvalue weighted by atomic mass is 32.1. The number of ether oxygens (including phenoxy) is 3. The number of rotatable bonds is 10. The Morgan fingerprint density at radius 2 is 1.90 bits per heavy atom. The number of nitrogens with zero attached hydrogens (tertiary/aromatic N) is 2. The van der Waals surface area contributed by atoms with Gasteiger partial charge in [0, 0.05) is 5.56 Å². The van der Waals surface area contributed by atoms with Crippen molar-refractivity contribution in [3.8, 4) is 11.5 Å². The van der Waals surface area contributed by atoms with Gasteiger partial charge in [0.05, 0.1) is 29.5 Å². The third-order valence-corrected chi connectivity index (χ3v) is 7.82. The van der Waals surface area contributed by atoms with E-state index in [0.29, 0.717) is 49.7 Å². The molecule has 0 bridgehead atoms. The highest BCUT2D eigenvalue weighted by Gasteiger charge is 2.37. The second-order valence-electron chi connectivity index (χ2n) is 9.57. The lowest BCUT2D eigenvalue weighted by Crippen LogP contribution is -2.40. The predicted octanol–water partition coefficient (Wildman–Crippen LogP) is 4.20. The topological polar surface area (TPSA) is 116 Å². The number of fused-ring (bicyclic) bond motifs is 2. The Labute approximate surface area is 245 Å². The molecule has 5 rings (SSSR count). The van der Waals surface area contributed by atoms with Crippen LogP contribution >= 0.6 is 11.3 Å². The number of methoxy groups -OCH3 is 1. The molecule has 3 aromatic carbocycles. The van der Waals surface area contributed by atoms with Crippen molar-refractivity contribution in [2.75, 3.05) is 20.3 Å². The standard InChI is InChI=1S/C32H30N2O7S/c1-4-9-23-28(31(38)40-5-2)29(27-22-13-7-6-11-20(22)14-15-24(27)39-3)34-30(37)25(42-32(34)33-23)17-19-10-8-12-21(16-19)41-18-26(35)36/h6-8,10-17,29H,4-5,9,18H2,1-3H3,(H,35,36)/b25-17-/t29-/m0/s1. The van der Waals surface area contributed by atoms with E-state index in [9.17, 15) is 14.4 Å². The summed E-state index contributed by atoms with van der Waals surface area (Å²) >= 11 is 1.22. The SMILES string of the molecule is CCCC1=C(C(=O)OCC)[C@H](c2c(OC)ccc3ccccc23)n2c(s/c(=C\c3cccc(OCC(=O)O)c3)c2=O)=N1. The number of hydrogen-bond donors (Lipinski definition) is 1. The number of esters is 1. The molecular formula is C32H30N2O7S. The summed E-state index contributed by atoms with van der Waals surface area (Å²) in [5.74, 6) is -0.705. The zero-order valence-corrected chi connectivity index (χ0v) is 24.3. The van der Waals surface area contributed by atoms with E-state index < -0.39 is 24.6 Å². The van der Waals surface area contributed by atoms with Crippen molar-refractivity contribution in [1.29, 1.82) is 0 Å². The second kappa shape index (κ2) is 12.4. The fourth-order valence-electron chi connectivity index (χ4n) is 5.12. The number of aromatic nitrogens is 1. The van der Waals surface area contributed by atoms with Crippen molar-refractivity contribution >= 4 is 40.1 Å². The molecule has 1 atom stereocenters. The van der Waals surface area contributed by atoms with Gasteiger partial charge >= 0.3 is 11.9 Å². The van der Waals surface area contributed by atoms with E-state index in [-0.39, 0.29) is 12.2 Å². The van der Waals surface area contributed by atoms with Gasteiger partial charge < -0.3 is 19.3 Å². The van der Waals surface area contributed by atoms with Crippen LogP contribution in [0.3, 0.4) is 0 Å². The lowest BCUT2D eigenvalue weighted by molar-refractivity contribution is -0.140. The van der Waals surface area contributed by atoms with E-state index in [1.54, 1.807) is 48.9 Å². The molecule has 0 saturated carbocycles. The number of carbonyl (C=O) groups excluding carboxylic acids is 1. The second-order valence-corrected chi connectivity index (χ2v) is 10.6. The Balaban J connectivity index is 1.79. The smallest absolute Gasteiger partial charge is 0.341 e. The fraction of sp³-hybridized carbons (Fsp3) is 0.250. The highest BCUT2D eigenvalue weighted by Crippen LogP contribution is 2.41. The summed E-state index contributed by atoms with van der Waals surface area (Å²) in [6.45, 7) is 3.45. The lowest BCUT2D eigenvalue weighted by atomic mass is 9.90. The van der Waals surface area contributed by atoms with Crippen LogP contribution in [0.2, 0.25) is 0 Å². The third kappa shape index (κ3) is 5.58. The van der Waals surface area contributed by atoms with E-state index in [2.05, 4.69) is 0 Å². The number of aliphatic carboxylic acids is 1. The average molecular weight is 587 g/mol. The first kappa shape index (κ1) is 28.8. The molecule has 1 aromatic heterocycles. The maximum Gasteiger partial charge on any atom is 0.341 e. The van der Waals surface area contributed by atoms with Crippen LogP contribution in [0.4, 0.5) is 0 Å². The van der Waals surface area contributed by atoms with Gasteiger partial charge in [0.25, 0.3) is 5.56 Å². The van der Waals surface area contributed by atoms with Crippen LogP contribution in [-0.2, 0) is 14.3 Å². The Morgan fingerprint density at radius 1 is 1.10 bits per heavy atom. The molecule has 1 aliphatic heterocycles. The van der Waals surface area contributed by atoms with Gasteiger partial charge in [-0.3, -0.25) is 9.36 Å². The third-order valence-electron chi connectivity index (χ3n) is 6.83. The van der Waals surface area contributed by atoms with Crippen molar-refractivity contribution < 1.29 is 28.9 Å². The number of carboxylic acid groups (broad SMARTS) is 1. The van der Waals surface area contributed by atoms with Crippen LogP contribution in [0.15, 0.2) is 81.7 Å². The molecule has 0 spiro atoms. The van der Waals surface area contributed by atoms with Crippen LogP contribution in [0, 0.1) is 0 Å². The molecule has 4 aromatic rings. The van der Waals surface area contributed by atoms with Gasteiger partial charge in [-0.05, 0) is 54.0 Å². The zero-order valence-electron chi connectivity index (χ0n) is 23.5. The van der Waals surface area contributed by atoms with Crippen LogP contribution in [0.1, 0.15) is 43.9 Å². The van der Waals surface area contributed by atoms with Crippen LogP contribution in [0.5, 0.6) is 11.5 Å². The fourth-order valence-corrected chi connectivity index (χ4v) is 6.14. The maximum absolute atomic E-state index is 14.2. The van der Waals surface area contributed by atoms with Gasteiger partial charge in [-0.1, -0.05) is 67.1 Å². The van der Waals surface area contributed by atoms with Gasteiger partial charge in [-0.25, -0.2) is 14.6 Å². The minimum atomic E-state index is -1.09. The molecule has 1 N–H and O–H groups in total. The zero-order chi connectivity index (χ0) is 29.8. The molecule has 0 fully saturated rings. The van der Waals surface area contributed by atoms with Gasteiger partial charge in [0.15, 0.2) is 11.4 Å². The summed E-state index contributed by atoms with van der Waals surface area (Å²) < 4.78 is 18.6. The number of carboxylic acids is 1. The Morgan fingerprint density at radius 3 is 2.64 bits per heavy atom. The van der Waals surface area contributed by atoms with Gasteiger partial charge in [-0.15, -0.1) is 0 Å². The van der Waals surface area contributed by atoms with Crippen molar-refractivity contribution in [2.24, 2.45) is 4.99 Å². The molecule has 0 unspecified atom stereocenters. The quantitative estimate of drug-likeness (QED) is 0.277. The number of hydrogen-bond acceptors (Lipinski definition) is 8. The van der Waals surface area contributed by atoms with E-state index in [1.165, 1.54) is 11.3 Å². The average Bonchev–Trinajstić information content (AvgIpc) is 3.29. The van der Waals surface area contributed by atoms with Crippen molar-refractivity contribution in [3.63, 3.8) is 0 Å². The van der Waals surface area contributed by atoms with Crippen LogP contribution in [-0.4, -0.2) is 41.9 Å². The normalized spacial score (nSPS) is 14.8. The molecule has 1 aliphatic rings. The molecule has 10 heteroatoms. The predicted molar refractivity (Wildman–Crippen MR) is 160 cm³/mol. The van der Waals surface area contributed by atoms with Crippen LogP contribution < -0.4 is 24.4 Å². The molecule has 0 saturated heterocycles. The Bertz CT molecular complexity index is 1890. The summed E-state index contributed by atoms with van der Waals surface area (Å²) in [6, 6.07) is 17.6. The largest absolute Gasteiger partial charge is 0.496 e. The number of allylic oxidation sites excluding steroid dienone is 1. The van der Waals surface area contributed by atoms with E-state index in [0.717, 1.165) is 17.2 Å². The van der Waals surface area contributed by atoms with Crippen molar-refractivity contribution in [3.05, 3.63) is 103 Å². The van der Waals surface area contributed by atoms with E-state index in [4.69, 9.17) is 24.3 Å². The highest BCUT2D eigenvalue weighted by molar-refractivity contribution is 7.07. The Kier molecular flexibility index (Phi) is 8.53. The van der Waals surface area contributed by atoms with Gasteiger partial charge in [0.1, 0.15) is 17.5 Å². The minimum absolute atomic E-state index is 0.172.